The molecule has 0 heterocycles. The molecule has 0 aliphatic carbocycles. The first-order valence-corrected chi connectivity index (χ1v) is 5.27. The van der Waals surface area contributed by atoms with E-state index in [9.17, 15) is 8.78 Å². The van der Waals surface area contributed by atoms with E-state index in [1.807, 2.05) is 0 Å². The molecule has 0 spiro atoms. The van der Waals surface area contributed by atoms with Crippen molar-refractivity contribution in [2.24, 2.45) is 0 Å². The van der Waals surface area contributed by atoms with Crippen molar-refractivity contribution in [3.63, 3.8) is 0 Å². The Morgan fingerprint density at radius 1 is 0.786 bits per heavy atom. The monoisotopic (exact) mass is 240 g/mol. The molecule has 0 saturated heterocycles. The molecule has 0 aliphatic heterocycles. The zero-order chi connectivity index (χ0) is 10.4. The Morgan fingerprint density at radius 2 is 0.857 bits per heavy atom. The number of rotatable bonds is 2. The van der Waals surface area contributed by atoms with Crippen molar-refractivity contribution in [3.05, 3.63) is 0 Å². The van der Waals surface area contributed by atoms with E-state index in [-0.39, 0.29) is 37.7 Å². The van der Waals surface area contributed by atoms with Crippen molar-refractivity contribution >= 4 is 20.2 Å². The van der Waals surface area contributed by atoms with Crippen LogP contribution in [0.5, 0.6) is 0 Å². The Morgan fingerprint density at radius 3 is 0.857 bits per heavy atom. The van der Waals surface area contributed by atoms with Gasteiger partial charge >= 0.3 is 37.7 Å². The van der Waals surface area contributed by atoms with Crippen molar-refractivity contribution in [1.29, 1.82) is 0 Å². The average molecular weight is 240 g/mol. The first kappa shape index (κ1) is 24.2. The molecule has 0 aliphatic rings. The topological polar surface area (TPSA) is 114 Å². The van der Waals surface area contributed by atoms with Crippen molar-refractivity contribution in [2.45, 2.75) is 0 Å². The van der Waals surface area contributed by atoms with Gasteiger partial charge in [-0.15, -0.1) is 0 Å². The fourth-order valence-corrected chi connectivity index (χ4v) is 0. The number of alkyl halides is 2. The molecule has 12 heteroatoms. The van der Waals surface area contributed by atoms with Gasteiger partial charge in [-0.1, -0.05) is 0 Å². The smallest absolute Gasteiger partial charge is 0.746 e. The van der Waals surface area contributed by atoms with Gasteiger partial charge in [0.15, 0.2) is 12.0 Å². The Balaban J connectivity index is -0.0000000625. The van der Waals surface area contributed by atoms with Crippen LogP contribution in [0.25, 0.3) is 0 Å². The van der Waals surface area contributed by atoms with Gasteiger partial charge in [0.2, 0.25) is 0 Å². The van der Waals surface area contributed by atoms with E-state index >= 15 is 0 Å². The molecule has 14 heavy (non-hydrogen) atoms. The summed E-state index contributed by atoms with van der Waals surface area (Å²) in [5.74, 6) is 0. The van der Waals surface area contributed by atoms with E-state index < -0.39 is 32.2 Å². The molecule has 6 nitrogen and oxygen atoms in total. The summed E-state index contributed by atoms with van der Waals surface area (Å²) in [7, 11) is -9.16. The van der Waals surface area contributed by atoms with Gasteiger partial charge in [0, 0.05) is 0 Å². The van der Waals surface area contributed by atoms with Crippen LogP contribution in [0, 0.1) is 0 Å². The fraction of sp³-hybridized carbons (Fsp3) is 1.00. The normalized spacial score (nSPS) is 10.0. The number of hydrogen-bond donors (Lipinski definition) is 0. The minimum absolute atomic E-state index is 0. The summed E-state index contributed by atoms with van der Waals surface area (Å²) in [5.41, 5.74) is 0. The van der Waals surface area contributed by atoms with Gasteiger partial charge in [-0.3, -0.25) is 0 Å². The van der Waals surface area contributed by atoms with Crippen LogP contribution in [0.3, 0.4) is 0 Å². The summed E-state index contributed by atoms with van der Waals surface area (Å²) in [6.07, 6.45) is 0. The molecular formula is C2H4F2Li2O6S2. The van der Waals surface area contributed by atoms with Gasteiger partial charge in [-0.2, -0.15) is 0 Å². The van der Waals surface area contributed by atoms with Crippen LogP contribution in [-0.4, -0.2) is 38.0 Å². The average Bonchev–Trinajstić information content (AvgIpc) is 1.86. The number of hydrogen-bond acceptors (Lipinski definition) is 6. The second-order valence-corrected chi connectivity index (χ2v) is 4.00. The Labute approximate surface area is 104 Å². The van der Waals surface area contributed by atoms with Gasteiger partial charge < -0.3 is 9.11 Å². The third-order valence-corrected chi connectivity index (χ3v) is 0.802. The van der Waals surface area contributed by atoms with Crippen molar-refractivity contribution in [2.75, 3.05) is 12.0 Å². The molecule has 0 saturated carbocycles. The third-order valence-electron chi connectivity index (χ3n) is 0.267. The molecule has 0 aromatic rings. The quantitative estimate of drug-likeness (QED) is 0.350. The van der Waals surface area contributed by atoms with E-state index in [4.69, 9.17) is 25.9 Å². The zero-order valence-corrected chi connectivity index (χ0v) is 9.07. The molecular weight excluding hydrogens is 236 g/mol. The van der Waals surface area contributed by atoms with Crippen molar-refractivity contribution in [3.8, 4) is 0 Å². The van der Waals surface area contributed by atoms with E-state index in [1.165, 1.54) is 0 Å². The largest absolute Gasteiger partial charge is 1.00 e. The van der Waals surface area contributed by atoms with Gasteiger partial charge in [-0.25, -0.2) is 25.6 Å². The molecule has 0 bridgehead atoms. The second kappa shape index (κ2) is 10.4. The van der Waals surface area contributed by atoms with Crippen LogP contribution in [0.1, 0.15) is 0 Å². The Hall–Kier alpha value is 0.875. The molecule has 0 fully saturated rings. The van der Waals surface area contributed by atoms with Gasteiger partial charge in [0.25, 0.3) is 0 Å². The Kier molecular flexibility index (Phi) is 18.0. The molecule has 0 aromatic carbocycles. The van der Waals surface area contributed by atoms with Gasteiger partial charge in [-0.05, 0) is 0 Å². The predicted molar refractivity (Wildman–Crippen MR) is 31.3 cm³/mol. The third kappa shape index (κ3) is 38.4. The van der Waals surface area contributed by atoms with Crippen LogP contribution in [-0.2, 0) is 20.2 Å². The summed E-state index contributed by atoms with van der Waals surface area (Å²) in [5, 5.41) is 0. The van der Waals surface area contributed by atoms with Crippen molar-refractivity contribution < 1.29 is 72.4 Å². The molecule has 0 unspecified atom stereocenters. The maximum absolute atomic E-state index is 10.6. The van der Waals surface area contributed by atoms with Crippen LogP contribution < -0.4 is 37.7 Å². The van der Waals surface area contributed by atoms with Crippen LogP contribution in [0.2, 0.25) is 0 Å². The Bertz CT molecular complexity index is 266. The van der Waals surface area contributed by atoms with E-state index in [1.54, 1.807) is 0 Å². The van der Waals surface area contributed by atoms with E-state index in [2.05, 4.69) is 0 Å². The SMILES string of the molecule is O=S(=O)([O-])CF.O=S(=O)([O-])CF.[Li+].[Li+]. The van der Waals surface area contributed by atoms with Crippen LogP contribution in [0.4, 0.5) is 8.78 Å². The molecule has 0 radical (unpaired) electrons. The van der Waals surface area contributed by atoms with Crippen LogP contribution >= 0.6 is 0 Å². The zero-order valence-electron chi connectivity index (χ0n) is 7.44. The number of halogens is 2. The summed E-state index contributed by atoms with van der Waals surface area (Å²) in [4.78, 5) is 0. The maximum Gasteiger partial charge on any atom is 1.00 e. The van der Waals surface area contributed by atoms with Crippen LogP contribution in [0.15, 0.2) is 0 Å². The first-order valence-electron chi connectivity index (χ1n) is 2.11. The molecule has 0 N–H and O–H groups in total. The molecule has 0 aromatic heterocycles. The van der Waals surface area contributed by atoms with Gasteiger partial charge in [0.05, 0.1) is 0 Å². The first-order chi connectivity index (χ1) is 5.12. The van der Waals surface area contributed by atoms with Gasteiger partial charge in [0.1, 0.15) is 20.2 Å². The predicted octanol–water partition coefficient (Wildman–Crippen LogP) is -7.07. The maximum atomic E-state index is 10.6. The minimum Gasteiger partial charge on any atom is -0.746 e. The van der Waals surface area contributed by atoms with E-state index in [0.717, 1.165) is 0 Å². The molecule has 0 rings (SSSR count). The summed E-state index contributed by atoms with van der Waals surface area (Å²) in [6, 6.07) is -3.62. The standard InChI is InChI=1S/2CH3FO3S.2Li/c2*2-1-6(3,4)5;;/h2*1H2,(H,3,4,5);;/q;;2*+1/p-2. The summed E-state index contributed by atoms with van der Waals surface area (Å²) < 4.78 is 75.6. The minimum atomic E-state index is -4.58. The van der Waals surface area contributed by atoms with E-state index in [0.29, 0.717) is 0 Å². The molecule has 76 valence electrons. The van der Waals surface area contributed by atoms with Crippen molar-refractivity contribution in [1.82, 2.24) is 0 Å². The molecule has 0 atom stereocenters. The molecule has 0 amide bonds. The second-order valence-electron chi connectivity index (χ2n) is 1.33. The summed E-state index contributed by atoms with van der Waals surface area (Å²) in [6.45, 7) is 0. The fourth-order valence-electron chi connectivity index (χ4n) is 0. The summed E-state index contributed by atoms with van der Waals surface area (Å²) >= 11 is 0.